The van der Waals surface area contributed by atoms with Crippen molar-refractivity contribution in [2.75, 3.05) is 20.1 Å². The Balaban J connectivity index is 3.40. The van der Waals surface area contributed by atoms with E-state index in [9.17, 15) is 9.59 Å². The van der Waals surface area contributed by atoms with Crippen molar-refractivity contribution in [3.8, 4) is 0 Å². The molecule has 0 spiro atoms. The van der Waals surface area contributed by atoms with Crippen LogP contribution in [0.15, 0.2) is 25.3 Å². The number of allylic oxidation sites excluding steroid dienone is 2. The first-order valence-electron chi connectivity index (χ1n) is 6.59. The van der Waals surface area contributed by atoms with E-state index in [-0.39, 0.29) is 11.6 Å². The van der Waals surface area contributed by atoms with Crippen molar-refractivity contribution in [3.05, 3.63) is 25.3 Å². The van der Waals surface area contributed by atoms with Crippen LogP contribution in [-0.4, -0.2) is 36.6 Å². The van der Waals surface area contributed by atoms with Gasteiger partial charge in [-0.15, -0.1) is 0 Å². The third-order valence-corrected chi connectivity index (χ3v) is 2.88. The minimum absolute atomic E-state index is 0.126. The number of carbonyl (C=O) groups is 2. The molecule has 102 valence electrons. The summed E-state index contributed by atoms with van der Waals surface area (Å²) in [5, 5.41) is 0. The molecule has 0 unspecified atom stereocenters. The predicted octanol–water partition coefficient (Wildman–Crippen LogP) is 2.77. The molecule has 0 saturated carbocycles. The maximum atomic E-state index is 11.0. The fraction of sp³-hybridized carbons (Fsp3) is 0.600. The van der Waals surface area contributed by atoms with E-state index < -0.39 is 0 Å². The maximum Gasteiger partial charge on any atom is 0.155 e. The number of rotatable bonds is 12. The molecule has 0 aliphatic heterocycles. The molecule has 0 radical (unpaired) electrons. The van der Waals surface area contributed by atoms with E-state index in [2.05, 4.69) is 25.1 Å². The summed E-state index contributed by atoms with van der Waals surface area (Å²) in [5.74, 6) is 0.251. The van der Waals surface area contributed by atoms with Gasteiger partial charge in [0.05, 0.1) is 0 Å². The van der Waals surface area contributed by atoms with E-state index in [4.69, 9.17) is 0 Å². The van der Waals surface area contributed by atoms with Crippen LogP contribution < -0.4 is 0 Å². The van der Waals surface area contributed by atoms with Crippen LogP contribution in [0.2, 0.25) is 0 Å². The molecule has 0 heterocycles. The summed E-state index contributed by atoms with van der Waals surface area (Å²) >= 11 is 0. The number of hydrogen-bond donors (Lipinski definition) is 0. The van der Waals surface area contributed by atoms with Gasteiger partial charge >= 0.3 is 0 Å². The van der Waals surface area contributed by atoms with E-state index >= 15 is 0 Å². The number of unbranched alkanes of at least 4 members (excludes halogenated alkanes) is 2. The van der Waals surface area contributed by atoms with Gasteiger partial charge in [-0.2, -0.15) is 0 Å². The first-order valence-corrected chi connectivity index (χ1v) is 6.59. The molecule has 0 bridgehead atoms. The standard InChI is InChI=1S/C15H25NO2/c1-4-14(17)10-6-8-12-16(3)13-9-7-11-15(18)5-2/h4-5H,1-2,6-13H2,3H3. The number of hydrogen-bond acceptors (Lipinski definition) is 3. The van der Waals surface area contributed by atoms with E-state index in [1.54, 1.807) is 0 Å². The van der Waals surface area contributed by atoms with Gasteiger partial charge in [0, 0.05) is 12.8 Å². The van der Waals surface area contributed by atoms with E-state index in [1.807, 2.05) is 0 Å². The molecule has 0 aromatic carbocycles. The van der Waals surface area contributed by atoms with Crippen molar-refractivity contribution in [1.82, 2.24) is 4.90 Å². The number of carbonyl (C=O) groups excluding carboxylic acids is 2. The Morgan fingerprint density at radius 3 is 1.61 bits per heavy atom. The van der Waals surface area contributed by atoms with Crippen molar-refractivity contribution < 1.29 is 9.59 Å². The number of nitrogens with zero attached hydrogens (tertiary/aromatic N) is 1. The summed E-state index contributed by atoms with van der Waals surface area (Å²) in [5.41, 5.74) is 0. The van der Waals surface area contributed by atoms with Crippen molar-refractivity contribution in [1.29, 1.82) is 0 Å². The van der Waals surface area contributed by atoms with Crippen molar-refractivity contribution >= 4 is 11.6 Å². The van der Waals surface area contributed by atoms with E-state index in [0.29, 0.717) is 12.8 Å². The Morgan fingerprint density at radius 2 is 1.28 bits per heavy atom. The third kappa shape index (κ3) is 9.97. The first-order chi connectivity index (χ1) is 8.60. The van der Waals surface area contributed by atoms with Crippen LogP contribution in [0, 0.1) is 0 Å². The second-order valence-electron chi connectivity index (χ2n) is 4.56. The molecule has 0 N–H and O–H groups in total. The van der Waals surface area contributed by atoms with Gasteiger partial charge in [0.2, 0.25) is 0 Å². The highest BCUT2D eigenvalue weighted by molar-refractivity contribution is 5.89. The summed E-state index contributed by atoms with van der Waals surface area (Å²) in [6.07, 6.45) is 7.88. The van der Waals surface area contributed by atoms with Crippen molar-refractivity contribution in [3.63, 3.8) is 0 Å². The summed E-state index contributed by atoms with van der Waals surface area (Å²) < 4.78 is 0. The highest BCUT2D eigenvalue weighted by atomic mass is 16.1. The molecule has 0 rings (SSSR count). The SMILES string of the molecule is C=CC(=O)CCCCN(C)CCCCC(=O)C=C. The lowest BCUT2D eigenvalue weighted by molar-refractivity contribution is -0.115. The molecule has 0 aliphatic rings. The van der Waals surface area contributed by atoms with Gasteiger partial charge in [-0.3, -0.25) is 9.59 Å². The smallest absolute Gasteiger partial charge is 0.155 e. The fourth-order valence-electron chi connectivity index (χ4n) is 1.68. The minimum atomic E-state index is 0.126. The zero-order valence-electron chi connectivity index (χ0n) is 11.5. The molecular weight excluding hydrogens is 226 g/mol. The number of ketones is 2. The molecule has 0 saturated heterocycles. The average Bonchev–Trinajstić information content (AvgIpc) is 2.38. The molecule has 0 atom stereocenters. The molecule has 0 amide bonds. The van der Waals surface area contributed by atoms with E-state index in [1.165, 1.54) is 12.2 Å². The van der Waals surface area contributed by atoms with E-state index in [0.717, 1.165) is 38.8 Å². The molecule has 0 aromatic rings. The predicted molar refractivity (Wildman–Crippen MR) is 75.6 cm³/mol. The van der Waals surface area contributed by atoms with Gasteiger partial charge in [0.1, 0.15) is 0 Å². The van der Waals surface area contributed by atoms with Gasteiger partial charge in [0.25, 0.3) is 0 Å². The Kier molecular flexibility index (Phi) is 10.2. The molecule has 3 heteroatoms. The molecule has 3 nitrogen and oxygen atoms in total. The Bertz CT molecular complexity index is 256. The maximum absolute atomic E-state index is 11.0. The van der Waals surface area contributed by atoms with Gasteiger partial charge in [-0.05, 0) is 58.0 Å². The largest absolute Gasteiger partial charge is 0.306 e. The summed E-state index contributed by atoms with van der Waals surface area (Å²) in [6.45, 7) is 8.90. The second-order valence-corrected chi connectivity index (χ2v) is 4.56. The zero-order valence-corrected chi connectivity index (χ0v) is 11.5. The van der Waals surface area contributed by atoms with Crippen LogP contribution in [-0.2, 0) is 9.59 Å². The quantitative estimate of drug-likeness (QED) is 0.395. The molecule has 18 heavy (non-hydrogen) atoms. The highest BCUT2D eigenvalue weighted by Crippen LogP contribution is 2.02. The minimum Gasteiger partial charge on any atom is -0.306 e. The van der Waals surface area contributed by atoms with Crippen LogP contribution in [0.1, 0.15) is 38.5 Å². The zero-order chi connectivity index (χ0) is 13.8. The normalized spacial score (nSPS) is 10.3. The lowest BCUT2D eigenvalue weighted by Crippen LogP contribution is -2.21. The van der Waals surface area contributed by atoms with Gasteiger partial charge in [-0.25, -0.2) is 0 Å². The monoisotopic (exact) mass is 251 g/mol. The van der Waals surface area contributed by atoms with Gasteiger partial charge in [0.15, 0.2) is 11.6 Å². The average molecular weight is 251 g/mol. The third-order valence-electron chi connectivity index (χ3n) is 2.88. The fourth-order valence-corrected chi connectivity index (χ4v) is 1.68. The molecular formula is C15H25NO2. The second kappa shape index (κ2) is 10.9. The lowest BCUT2D eigenvalue weighted by atomic mass is 10.1. The first kappa shape index (κ1) is 16.8. The van der Waals surface area contributed by atoms with Crippen LogP contribution in [0.25, 0.3) is 0 Å². The Hall–Kier alpha value is -1.22. The molecule has 0 aromatic heterocycles. The molecule has 0 fully saturated rings. The van der Waals surface area contributed by atoms with Crippen LogP contribution in [0.3, 0.4) is 0 Å². The van der Waals surface area contributed by atoms with Crippen LogP contribution in [0.4, 0.5) is 0 Å². The lowest BCUT2D eigenvalue weighted by Gasteiger charge is -2.15. The van der Waals surface area contributed by atoms with Crippen LogP contribution >= 0.6 is 0 Å². The van der Waals surface area contributed by atoms with Crippen molar-refractivity contribution in [2.45, 2.75) is 38.5 Å². The Morgan fingerprint density at radius 1 is 0.889 bits per heavy atom. The Labute approximate surface area is 111 Å². The van der Waals surface area contributed by atoms with Crippen molar-refractivity contribution in [2.24, 2.45) is 0 Å². The summed E-state index contributed by atoms with van der Waals surface area (Å²) in [7, 11) is 2.07. The topological polar surface area (TPSA) is 37.4 Å². The summed E-state index contributed by atoms with van der Waals surface area (Å²) in [4.78, 5) is 24.2. The van der Waals surface area contributed by atoms with Gasteiger partial charge in [-0.1, -0.05) is 13.2 Å². The highest BCUT2D eigenvalue weighted by Gasteiger charge is 2.01. The van der Waals surface area contributed by atoms with Gasteiger partial charge < -0.3 is 4.90 Å². The summed E-state index contributed by atoms with van der Waals surface area (Å²) in [6, 6.07) is 0. The molecule has 0 aliphatic carbocycles. The van der Waals surface area contributed by atoms with Crippen LogP contribution in [0.5, 0.6) is 0 Å².